The molecule has 0 amide bonds. The van der Waals surface area contributed by atoms with E-state index in [1.807, 2.05) is 0 Å². The molecule has 1 N–H and O–H groups in total. The molecular formula is C15H30F3NO2. The Labute approximate surface area is 126 Å². The van der Waals surface area contributed by atoms with Crippen LogP contribution in [0.15, 0.2) is 0 Å². The Balaban J connectivity index is 4.27. The summed E-state index contributed by atoms with van der Waals surface area (Å²) in [6.45, 7) is 5.41. The van der Waals surface area contributed by atoms with Gasteiger partial charge in [0.1, 0.15) is 6.61 Å². The van der Waals surface area contributed by atoms with E-state index in [9.17, 15) is 13.2 Å². The largest absolute Gasteiger partial charge is 0.411 e. The molecule has 0 saturated heterocycles. The molecule has 6 heteroatoms. The maximum atomic E-state index is 12.1. The van der Waals surface area contributed by atoms with Crippen LogP contribution in [0.2, 0.25) is 0 Å². The summed E-state index contributed by atoms with van der Waals surface area (Å²) < 4.78 is 46.1. The molecular weight excluding hydrogens is 283 g/mol. The van der Waals surface area contributed by atoms with Gasteiger partial charge in [-0.3, -0.25) is 0 Å². The minimum absolute atomic E-state index is 0.00928. The van der Waals surface area contributed by atoms with E-state index in [0.29, 0.717) is 13.0 Å². The highest BCUT2D eigenvalue weighted by molar-refractivity contribution is 4.80. The quantitative estimate of drug-likeness (QED) is 0.525. The van der Waals surface area contributed by atoms with Crippen molar-refractivity contribution in [2.75, 3.05) is 40.0 Å². The third kappa shape index (κ3) is 11.0. The normalized spacial score (nSPS) is 15.1. The number of hydrogen-bond donors (Lipinski definition) is 1. The summed E-state index contributed by atoms with van der Waals surface area (Å²) in [5.41, 5.74) is 0.00928. The van der Waals surface area contributed by atoms with Crippen LogP contribution >= 0.6 is 0 Å². The van der Waals surface area contributed by atoms with Crippen molar-refractivity contribution in [2.24, 2.45) is 5.41 Å². The standard InChI is InChI=1S/C15H30F3NO2/c1-4-6-7-14(5-2,12-19-9-11-20-3)8-10-21-13-15(16,17)18/h19H,4-13H2,1-3H3. The van der Waals surface area contributed by atoms with Crippen molar-refractivity contribution in [1.29, 1.82) is 0 Å². The summed E-state index contributed by atoms with van der Waals surface area (Å²) in [5.74, 6) is 0. The molecule has 0 aliphatic carbocycles. The highest BCUT2D eigenvalue weighted by Gasteiger charge is 2.30. The minimum Gasteiger partial charge on any atom is -0.383 e. The molecule has 0 aromatic rings. The molecule has 1 unspecified atom stereocenters. The summed E-state index contributed by atoms with van der Waals surface area (Å²) in [6, 6.07) is 0. The molecule has 0 rings (SSSR count). The molecule has 0 aliphatic heterocycles. The monoisotopic (exact) mass is 313 g/mol. The first-order valence-electron chi connectivity index (χ1n) is 7.73. The van der Waals surface area contributed by atoms with E-state index < -0.39 is 12.8 Å². The van der Waals surface area contributed by atoms with Gasteiger partial charge in [0.25, 0.3) is 0 Å². The van der Waals surface area contributed by atoms with Gasteiger partial charge >= 0.3 is 6.18 Å². The van der Waals surface area contributed by atoms with Gasteiger partial charge < -0.3 is 14.8 Å². The second-order valence-electron chi connectivity index (χ2n) is 5.54. The van der Waals surface area contributed by atoms with E-state index in [1.54, 1.807) is 7.11 Å². The smallest absolute Gasteiger partial charge is 0.383 e. The Morgan fingerprint density at radius 2 is 1.76 bits per heavy atom. The van der Waals surface area contributed by atoms with Crippen LogP contribution in [0, 0.1) is 5.41 Å². The second-order valence-corrected chi connectivity index (χ2v) is 5.54. The van der Waals surface area contributed by atoms with Crippen LogP contribution in [0.5, 0.6) is 0 Å². The third-order valence-electron chi connectivity index (χ3n) is 3.84. The van der Waals surface area contributed by atoms with Crippen molar-refractivity contribution < 1.29 is 22.6 Å². The molecule has 128 valence electrons. The lowest BCUT2D eigenvalue weighted by molar-refractivity contribution is -0.175. The molecule has 1 atom stereocenters. The molecule has 3 nitrogen and oxygen atoms in total. The summed E-state index contributed by atoms with van der Waals surface area (Å²) in [4.78, 5) is 0. The predicted molar refractivity (Wildman–Crippen MR) is 78.5 cm³/mol. The first-order chi connectivity index (χ1) is 9.89. The average molecular weight is 313 g/mol. The Hall–Kier alpha value is -0.330. The van der Waals surface area contributed by atoms with Gasteiger partial charge in [-0.25, -0.2) is 0 Å². The van der Waals surface area contributed by atoms with Crippen molar-refractivity contribution in [3.8, 4) is 0 Å². The molecule has 0 heterocycles. The zero-order chi connectivity index (χ0) is 16.2. The Morgan fingerprint density at radius 3 is 2.29 bits per heavy atom. The lowest BCUT2D eigenvalue weighted by Gasteiger charge is -2.33. The van der Waals surface area contributed by atoms with Gasteiger partial charge in [0.15, 0.2) is 0 Å². The minimum atomic E-state index is -4.24. The molecule has 0 bridgehead atoms. The van der Waals surface area contributed by atoms with Crippen molar-refractivity contribution >= 4 is 0 Å². The van der Waals surface area contributed by atoms with Crippen LogP contribution in [-0.2, 0) is 9.47 Å². The molecule has 0 saturated carbocycles. The van der Waals surface area contributed by atoms with Gasteiger partial charge in [-0.1, -0.05) is 26.7 Å². The van der Waals surface area contributed by atoms with E-state index in [1.165, 1.54) is 0 Å². The second kappa shape index (κ2) is 11.3. The number of rotatable bonds is 13. The highest BCUT2D eigenvalue weighted by atomic mass is 19.4. The number of unbranched alkanes of at least 4 members (excludes halogenated alkanes) is 1. The lowest BCUT2D eigenvalue weighted by Crippen LogP contribution is -2.36. The van der Waals surface area contributed by atoms with Crippen LogP contribution in [0.3, 0.4) is 0 Å². The third-order valence-corrected chi connectivity index (χ3v) is 3.84. The van der Waals surface area contributed by atoms with E-state index in [0.717, 1.165) is 38.8 Å². The Morgan fingerprint density at radius 1 is 1.05 bits per heavy atom. The predicted octanol–water partition coefficient (Wildman–Crippen LogP) is 3.78. The van der Waals surface area contributed by atoms with Gasteiger partial charge in [0.05, 0.1) is 6.61 Å². The zero-order valence-corrected chi connectivity index (χ0v) is 13.5. The van der Waals surface area contributed by atoms with Crippen molar-refractivity contribution in [1.82, 2.24) is 5.32 Å². The SMILES string of the molecule is CCCCC(CC)(CCOCC(F)(F)F)CNCCOC. The average Bonchev–Trinajstić information content (AvgIpc) is 2.44. The topological polar surface area (TPSA) is 30.5 Å². The maximum absolute atomic E-state index is 12.1. The molecule has 0 radical (unpaired) electrons. The number of nitrogens with one attached hydrogen (secondary N) is 1. The Bertz CT molecular complexity index is 250. The fraction of sp³-hybridized carbons (Fsp3) is 1.00. The highest BCUT2D eigenvalue weighted by Crippen LogP contribution is 2.32. The van der Waals surface area contributed by atoms with Crippen molar-refractivity contribution in [3.63, 3.8) is 0 Å². The molecule has 0 spiro atoms. The van der Waals surface area contributed by atoms with Crippen LogP contribution in [0.4, 0.5) is 13.2 Å². The number of ether oxygens (including phenoxy) is 2. The fourth-order valence-corrected chi connectivity index (χ4v) is 2.34. The van der Waals surface area contributed by atoms with E-state index >= 15 is 0 Å². The van der Waals surface area contributed by atoms with E-state index in [4.69, 9.17) is 9.47 Å². The zero-order valence-electron chi connectivity index (χ0n) is 13.5. The van der Waals surface area contributed by atoms with E-state index in [2.05, 4.69) is 19.2 Å². The van der Waals surface area contributed by atoms with Gasteiger partial charge in [-0.2, -0.15) is 13.2 Å². The summed E-state index contributed by atoms with van der Waals surface area (Å²) >= 11 is 0. The van der Waals surface area contributed by atoms with Crippen LogP contribution in [0.25, 0.3) is 0 Å². The molecule has 21 heavy (non-hydrogen) atoms. The van der Waals surface area contributed by atoms with Gasteiger partial charge in [0.2, 0.25) is 0 Å². The van der Waals surface area contributed by atoms with Crippen molar-refractivity contribution in [2.45, 2.75) is 52.1 Å². The van der Waals surface area contributed by atoms with Crippen LogP contribution in [0.1, 0.15) is 46.0 Å². The lowest BCUT2D eigenvalue weighted by atomic mass is 9.77. The molecule has 0 fully saturated rings. The first-order valence-corrected chi connectivity index (χ1v) is 7.73. The summed E-state index contributed by atoms with van der Waals surface area (Å²) in [5, 5.41) is 3.34. The number of methoxy groups -OCH3 is 1. The first kappa shape index (κ1) is 20.7. The number of hydrogen-bond acceptors (Lipinski definition) is 3. The number of halogens is 3. The van der Waals surface area contributed by atoms with Crippen molar-refractivity contribution in [3.05, 3.63) is 0 Å². The fourth-order valence-electron chi connectivity index (χ4n) is 2.34. The van der Waals surface area contributed by atoms with Gasteiger partial charge in [-0.15, -0.1) is 0 Å². The van der Waals surface area contributed by atoms with Gasteiger partial charge in [0, 0.05) is 26.8 Å². The Kier molecular flexibility index (Phi) is 11.1. The van der Waals surface area contributed by atoms with Gasteiger partial charge in [-0.05, 0) is 24.7 Å². The maximum Gasteiger partial charge on any atom is 0.411 e. The van der Waals surface area contributed by atoms with E-state index in [-0.39, 0.29) is 12.0 Å². The van der Waals surface area contributed by atoms with Crippen LogP contribution in [-0.4, -0.2) is 46.2 Å². The van der Waals surface area contributed by atoms with Crippen LogP contribution < -0.4 is 5.32 Å². The molecule has 0 aromatic heterocycles. The number of alkyl halides is 3. The summed E-state index contributed by atoms with van der Waals surface area (Å²) in [7, 11) is 1.65. The molecule has 0 aromatic carbocycles. The molecule has 0 aliphatic rings. The summed E-state index contributed by atoms with van der Waals surface area (Å²) in [6.07, 6.45) is 0.522.